The Hall–Kier alpha value is -0.980. The lowest BCUT2D eigenvalue weighted by molar-refractivity contribution is 0.116. The summed E-state index contributed by atoms with van der Waals surface area (Å²) in [6.07, 6.45) is 4.79. The van der Waals surface area contributed by atoms with E-state index in [2.05, 4.69) is 33.8 Å². The number of hydrogen-bond acceptors (Lipinski definition) is 6. The number of likely N-dealkylation sites (tertiary alicyclic amines) is 2. The monoisotopic (exact) mass is 308 g/mol. The Bertz CT molecular complexity index is 476. The van der Waals surface area contributed by atoms with Crippen molar-refractivity contribution >= 4 is 0 Å². The Morgan fingerprint density at radius 1 is 1.14 bits per heavy atom. The first-order chi connectivity index (χ1) is 10.7. The van der Waals surface area contributed by atoms with Crippen LogP contribution in [0.1, 0.15) is 57.2 Å². The maximum atomic E-state index is 9.48. The summed E-state index contributed by atoms with van der Waals surface area (Å²) >= 11 is 0. The van der Waals surface area contributed by atoms with E-state index in [-0.39, 0.29) is 12.5 Å². The van der Waals surface area contributed by atoms with Crippen LogP contribution in [0, 0.1) is 0 Å². The minimum absolute atomic E-state index is 0.283. The maximum absolute atomic E-state index is 9.48. The molecule has 0 bridgehead atoms. The maximum Gasteiger partial charge on any atom is 0.230 e. The van der Waals surface area contributed by atoms with Gasteiger partial charge in [0.2, 0.25) is 11.8 Å². The molecule has 2 atom stereocenters. The Labute approximate surface area is 132 Å². The number of hydrogen-bond donors (Lipinski definition) is 1. The van der Waals surface area contributed by atoms with Gasteiger partial charge in [0.15, 0.2) is 0 Å². The standard InChI is InChI=1S/C16H28N4O2/c1-12(2)16-18-17-15(22-16)10-20-8-3-5-13(20)9-19-7-4-6-14(19)11-21/h12-14,21H,3-11H2,1-2H3. The van der Waals surface area contributed by atoms with E-state index < -0.39 is 0 Å². The summed E-state index contributed by atoms with van der Waals surface area (Å²) in [5.74, 6) is 1.74. The van der Waals surface area contributed by atoms with Gasteiger partial charge < -0.3 is 9.52 Å². The van der Waals surface area contributed by atoms with Gasteiger partial charge in [-0.15, -0.1) is 10.2 Å². The van der Waals surface area contributed by atoms with E-state index >= 15 is 0 Å². The van der Waals surface area contributed by atoms with Gasteiger partial charge in [0.1, 0.15) is 0 Å². The third-order valence-electron chi connectivity index (χ3n) is 4.97. The third-order valence-corrected chi connectivity index (χ3v) is 4.97. The van der Waals surface area contributed by atoms with Crippen molar-refractivity contribution in [3.05, 3.63) is 11.8 Å². The van der Waals surface area contributed by atoms with Crippen molar-refractivity contribution in [2.24, 2.45) is 0 Å². The van der Waals surface area contributed by atoms with Crippen LogP contribution in [0.3, 0.4) is 0 Å². The van der Waals surface area contributed by atoms with Crippen LogP contribution in [0.25, 0.3) is 0 Å². The molecular weight excluding hydrogens is 280 g/mol. The van der Waals surface area contributed by atoms with Crippen molar-refractivity contribution in [2.45, 2.75) is 64.1 Å². The lowest BCUT2D eigenvalue weighted by Crippen LogP contribution is -2.43. The average Bonchev–Trinajstić information content (AvgIpc) is 3.21. The van der Waals surface area contributed by atoms with Gasteiger partial charge in [-0.3, -0.25) is 9.80 Å². The van der Waals surface area contributed by atoms with Crippen molar-refractivity contribution < 1.29 is 9.52 Å². The fraction of sp³-hybridized carbons (Fsp3) is 0.875. The van der Waals surface area contributed by atoms with Crippen LogP contribution in [0.2, 0.25) is 0 Å². The van der Waals surface area contributed by atoms with Crippen LogP contribution in [0.15, 0.2) is 4.42 Å². The minimum Gasteiger partial charge on any atom is -0.424 e. The van der Waals surface area contributed by atoms with E-state index in [0.29, 0.717) is 12.1 Å². The first-order valence-electron chi connectivity index (χ1n) is 8.58. The van der Waals surface area contributed by atoms with E-state index in [1.165, 1.54) is 19.3 Å². The lowest BCUT2D eigenvalue weighted by atomic mass is 10.2. The molecule has 2 aliphatic rings. The second-order valence-corrected chi connectivity index (χ2v) is 6.93. The van der Waals surface area contributed by atoms with Crippen LogP contribution in [0.5, 0.6) is 0 Å². The van der Waals surface area contributed by atoms with Crippen LogP contribution >= 0.6 is 0 Å². The number of nitrogens with zero attached hydrogens (tertiary/aromatic N) is 4. The molecule has 0 saturated carbocycles. The molecule has 3 rings (SSSR count). The number of aromatic nitrogens is 2. The average molecular weight is 308 g/mol. The van der Waals surface area contributed by atoms with Crippen LogP contribution in [-0.2, 0) is 6.54 Å². The molecule has 0 radical (unpaired) electrons. The molecular formula is C16H28N4O2. The summed E-state index contributed by atoms with van der Waals surface area (Å²) < 4.78 is 5.75. The first-order valence-corrected chi connectivity index (χ1v) is 8.58. The molecule has 0 aliphatic carbocycles. The molecule has 0 amide bonds. The minimum atomic E-state index is 0.283. The van der Waals surface area contributed by atoms with Crippen molar-refractivity contribution in [1.29, 1.82) is 0 Å². The molecule has 2 saturated heterocycles. The predicted octanol–water partition coefficient (Wildman–Crippen LogP) is 1.61. The van der Waals surface area contributed by atoms with E-state index in [0.717, 1.165) is 44.4 Å². The fourth-order valence-corrected chi connectivity index (χ4v) is 3.66. The summed E-state index contributed by atoms with van der Waals surface area (Å²) in [5.41, 5.74) is 0. The molecule has 6 nitrogen and oxygen atoms in total. The smallest absolute Gasteiger partial charge is 0.230 e. The second kappa shape index (κ2) is 7.06. The summed E-state index contributed by atoms with van der Waals surface area (Å²) in [6.45, 7) is 8.44. The van der Waals surface area contributed by atoms with Crippen LogP contribution in [-0.4, -0.2) is 63.4 Å². The molecule has 22 heavy (non-hydrogen) atoms. The Morgan fingerprint density at radius 2 is 1.86 bits per heavy atom. The van der Waals surface area contributed by atoms with Crippen LogP contribution < -0.4 is 0 Å². The molecule has 2 fully saturated rings. The SMILES string of the molecule is CC(C)c1nnc(CN2CCCC2CN2CCCC2CO)o1. The third kappa shape index (κ3) is 3.50. The zero-order valence-corrected chi connectivity index (χ0v) is 13.7. The molecule has 6 heteroatoms. The molecule has 2 aliphatic heterocycles. The van der Waals surface area contributed by atoms with Crippen LogP contribution in [0.4, 0.5) is 0 Å². The fourth-order valence-electron chi connectivity index (χ4n) is 3.66. The molecule has 0 spiro atoms. The largest absolute Gasteiger partial charge is 0.424 e. The lowest BCUT2D eigenvalue weighted by Gasteiger charge is -2.30. The molecule has 1 N–H and O–H groups in total. The van der Waals surface area contributed by atoms with E-state index in [4.69, 9.17) is 4.42 Å². The van der Waals surface area contributed by atoms with Crippen molar-refractivity contribution in [3.8, 4) is 0 Å². The second-order valence-electron chi connectivity index (χ2n) is 6.93. The van der Waals surface area contributed by atoms with Crippen molar-refractivity contribution in [3.63, 3.8) is 0 Å². The molecule has 1 aromatic heterocycles. The number of aliphatic hydroxyl groups excluding tert-OH is 1. The summed E-state index contributed by atoms with van der Waals surface area (Å²) in [4.78, 5) is 4.92. The summed E-state index contributed by atoms with van der Waals surface area (Å²) in [7, 11) is 0. The van der Waals surface area contributed by atoms with Gasteiger partial charge in [-0.1, -0.05) is 13.8 Å². The van der Waals surface area contributed by atoms with E-state index in [1.807, 2.05) is 0 Å². The topological polar surface area (TPSA) is 65.6 Å². The van der Waals surface area contributed by atoms with Gasteiger partial charge in [0.05, 0.1) is 13.2 Å². The molecule has 0 aromatic carbocycles. The van der Waals surface area contributed by atoms with E-state index in [9.17, 15) is 5.11 Å². The van der Waals surface area contributed by atoms with Gasteiger partial charge in [0, 0.05) is 24.5 Å². The highest BCUT2D eigenvalue weighted by Gasteiger charge is 2.32. The Morgan fingerprint density at radius 3 is 2.55 bits per heavy atom. The van der Waals surface area contributed by atoms with Gasteiger partial charge in [-0.2, -0.15) is 0 Å². The molecule has 2 unspecified atom stereocenters. The summed E-state index contributed by atoms with van der Waals surface area (Å²) in [6, 6.07) is 0.903. The summed E-state index contributed by atoms with van der Waals surface area (Å²) in [5, 5.41) is 17.8. The van der Waals surface area contributed by atoms with E-state index in [1.54, 1.807) is 0 Å². The predicted molar refractivity (Wildman–Crippen MR) is 83.5 cm³/mol. The van der Waals surface area contributed by atoms with Gasteiger partial charge >= 0.3 is 0 Å². The van der Waals surface area contributed by atoms with Crippen molar-refractivity contribution in [1.82, 2.24) is 20.0 Å². The quantitative estimate of drug-likeness (QED) is 0.861. The molecule has 124 valence electrons. The van der Waals surface area contributed by atoms with Gasteiger partial charge in [-0.05, 0) is 38.8 Å². The highest BCUT2D eigenvalue weighted by atomic mass is 16.4. The normalized spacial score (nSPS) is 27.3. The van der Waals surface area contributed by atoms with Gasteiger partial charge in [-0.25, -0.2) is 0 Å². The number of aliphatic hydroxyl groups is 1. The Kier molecular flexibility index (Phi) is 5.10. The highest BCUT2D eigenvalue weighted by molar-refractivity contribution is 4.91. The zero-order valence-electron chi connectivity index (χ0n) is 13.7. The zero-order chi connectivity index (χ0) is 15.5. The first kappa shape index (κ1) is 15.9. The highest BCUT2D eigenvalue weighted by Crippen LogP contribution is 2.25. The van der Waals surface area contributed by atoms with Gasteiger partial charge in [0.25, 0.3) is 0 Å². The molecule has 3 heterocycles. The Balaban J connectivity index is 1.58. The molecule has 1 aromatic rings. The van der Waals surface area contributed by atoms with Crippen molar-refractivity contribution in [2.75, 3.05) is 26.2 Å². The number of rotatable bonds is 6.